The minimum absolute atomic E-state index is 0.0985. The SMILES string of the molecule is CC(OC(C)[P+](c1ccccc1)(c1ccccc1)c1ccccc1)[Si](C)(C)C. The second-order valence-electron chi connectivity index (χ2n) is 8.47. The van der Waals surface area contributed by atoms with Crippen molar-refractivity contribution in [1.29, 1.82) is 0 Å². The maximum atomic E-state index is 6.85. The van der Waals surface area contributed by atoms with E-state index in [0.717, 1.165) is 0 Å². The normalized spacial score (nSPS) is 14.5. The van der Waals surface area contributed by atoms with Gasteiger partial charge in [0.2, 0.25) is 0 Å². The quantitative estimate of drug-likeness (QED) is 0.365. The molecular weight excluding hydrogens is 375 g/mol. The molecule has 3 heteroatoms. The van der Waals surface area contributed by atoms with Crippen LogP contribution >= 0.6 is 7.26 Å². The summed E-state index contributed by atoms with van der Waals surface area (Å²) in [5.41, 5.74) is 0.290. The van der Waals surface area contributed by atoms with Crippen LogP contribution in [0.4, 0.5) is 0 Å². The third kappa shape index (κ3) is 4.15. The third-order valence-electron chi connectivity index (χ3n) is 5.66. The maximum absolute atomic E-state index is 6.85. The van der Waals surface area contributed by atoms with E-state index in [4.69, 9.17) is 4.74 Å². The molecule has 0 aromatic heterocycles. The van der Waals surface area contributed by atoms with Crippen LogP contribution in [-0.4, -0.2) is 19.6 Å². The van der Waals surface area contributed by atoms with Gasteiger partial charge < -0.3 is 4.74 Å². The van der Waals surface area contributed by atoms with Gasteiger partial charge in [-0.1, -0.05) is 74.2 Å². The minimum Gasteiger partial charge on any atom is -0.343 e. The van der Waals surface area contributed by atoms with Crippen LogP contribution in [0.15, 0.2) is 91.0 Å². The fourth-order valence-electron chi connectivity index (χ4n) is 3.66. The predicted octanol–water partition coefficient (Wildman–Crippen LogP) is 5.61. The van der Waals surface area contributed by atoms with E-state index in [2.05, 4.69) is 124 Å². The zero-order chi connectivity index (χ0) is 20.2. The lowest BCUT2D eigenvalue weighted by molar-refractivity contribution is 0.0974. The molecule has 0 heterocycles. The summed E-state index contributed by atoms with van der Waals surface area (Å²) in [5.74, 6) is 0.0985. The molecule has 0 aliphatic heterocycles. The molecule has 2 unspecified atom stereocenters. The van der Waals surface area contributed by atoms with Gasteiger partial charge >= 0.3 is 0 Å². The average molecular weight is 408 g/mol. The van der Waals surface area contributed by atoms with Crippen LogP contribution in [0.5, 0.6) is 0 Å². The molecule has 2 atom stereocenters. The lowest BCUT2D eigenvalue weighted by Gasteiger charge is -2.36. The monoisotopic (exact) mass is 407 g/mol. The largest absolute Gasteiger partial charge is 0.343 e. The molecule has 0 bridgehead atoms. The summed E-state index contributed by atoms with van der Waals surface area (Å²) in [4.78, 5) is 0. The zero-order valence-corrected chi connectivity index (χ0v) is 19.6. The summed E-state index contributed by atoms with van der Waals surface area (Å²) in [6.45, 7) is 11.7. The van der Waals surface area contributed by atoms with Gasteiger partial charge in [-0.15, -0.1) is 0 Å². The highest BCUT2D eigenvalue weighted by atomic mass is 31.2. The first-order chi connectivity index (χ1) is 13.4. The van der Waals surface area contributed by atoms with E-state index >= 15 is 0 Å². The Morgan fingerprint density at radius 1 is 0.607 bits per heavy atom. The molecule has 28 heavy (non-hydrogen) atoms. The second kappa shape index (κ2) is 8.74. The van der Waals surface area contributed by atoms with Crippen molar-refractivity contribution in [2.45, 2.75) is 45.1 Å². The van der Waals surface area contributed by atoms with Crippen molar-refractivity contribution in [3.8, 4) is 0 Å². The molecule has 146 valence electrons. The van der Waals surface area contributed by atoms with Crippen molar-refractivity contribution in [1.82, 2.24) is 0 Å². The van der Waals surface area contributed by atoms with E-state index in [1.54, 1.807) is 0 Å². The van der Waals surface area contributed by atoms with E-state index in [1.807, 2.05) is 0 Å². The molecule has 0 aliphatic carbocycles. The topological polar surface area (TPSA) is 9.23 Å². The van der Waals surface area contributed by atoms with Crippen molar-refractivity contribution >= 4 is 31.2 Å². The van der Waals surface area contributed by atoms with Crippen molar-refractivity contribution in [2.24, 2.45) is 0 Å². The van der Waals surface area contributed by atoms with E-state index in [0.29, 0.717) is 0 Å². The lowest BCUT2D eigenvalue weighted by Crippen LogP contribution is -2.45. The van der Waals surface area contributed by atoms with Crippen LogP contribution in [0, 0.1) is 0 Å². The van der Waals surface area contributed by atoms with Gasteiger partial charge in [0, 0.05) is 5.73 Å². The predicted molar refractivity (Wildman–Crippen MR) is 129 cm³/mol. The summed E-state index contributed by atoms with van der Waals surface area (Å²) < 4.78 is 6.85. The Balaban J connectivity index is 2.25. The van der Waals surface area contributed by atoms with Gasteiger partial charge in [-0.25, -0.2) is 0 Å². The van der Waals surface area contributed by atoms with Crippen LogP contribution in [0.25, 0.3) is 0 Å². The van der Waals surface area contributed by atoms with Crippen molar-refractivity contribution in [2.75, 3.05) is 0 Å². The molecule has 0 radical (unpaired) electrons. The molecule has 0 saturated heterocycles. The van der Waals surface area contributed by atoms with Crippen LogP contribution < -0.4 is 15.9 Å². The Kier molecular flexibility index (Phi) is 6.55. The van der Waals surface area contributed by atoms with Gasteiger partial charge in [0.15, 0.2) is 5.85 Å². The standard InChI is InChI=1S/C25H32OPSi/c1-21(26-22(2)28(3,4)5)27(23-15-9-6-10-16-23,24-17-11-7-12-18-24)25-19-13-8-14-20-25/h6-22H,1-5H3/q+1. The van der Waals surface area contributed by atoms with Crippen LogP contribution in [-0.2, 0) is 4.74 Å². The molecule has 0 spiro atoms. The molecule has 3 aromatic carbocycles. The zero-order valence-electron chi connectivity index (χ0n) is 17.7. The summed E-state index contributed by atoms with van der Waals surface area (Å²) >= 11 is 0. The Hall–Kier alpha value is -1.73. The molecule has 3 aromatic rings. The molecule has 1 nitrogen and oxygen atoms in total. The average Bonchev–Trinajstić information content (AvgIpc) is 2.70. The van der Waals surface area contributed by atoms with Crippen LogP contribution in [0.1, 0.15) is 13.8 Å². The molecule has 0 fully saturated rings. The highest BCUT2D eigenvalue weighted by Crippen LogP contribution is 2.60. The second-order valence-corrected chi connectivity index (χ2v) is 17.7. The summed E-state index contributed by atoms with van der Waals surface area (Å²) in [6.07, 6.45) is 0. The smallest absolute Gasteiger partial charge is 0.178 e. The number of rotatable bonds is 7. The number of hydrogen-bond acceptors (Lipinski definition) is 1. The molecule has 0 aliphatic rings. The van der Waals surface area contributed by atoms with Gasteiger partial charge in [0.1, 0.15) is 23.2 Å². The maximum Gasteiger partial charge on any atom is 0.178 e. The number of ether oxygens (including phenoxy) is 1. The molecule has 0 N–H and O–H groups in total. The highest BCUT2D eigenvalue weighted by molar-refractivity contribution is 7.96. The molecule has 3 rings (SSSR count). The summed E-state index contributed by atoms with van der Waals surface area (Å²) in [7, 11) is -3.38. The first-order valence-corrected chi connectivity index (χ1v) is 15.5. The minimum atomic E-state index is -1.97. The van der Waals surface area contributed by atoms with E-state index < -0.39 is 15.3 Å². The number of benzene rings is 3. The Morgan fingerprint density at radius 3 is 1.21 bits per heavy atom. The fourth-order valence-corrected chi connectivity index (χ4v) is 8.83. The van der Waals surface area contributed by atoms with Crippen LogP contribution in [0.3, 0.4) is 0 Å². The van der Waals surface area contributed by atoms with E-state index in [9.17, 15) is 0 Å². The molecule has 0 saturated carbocycles. The molecule has 0 amide bonds. The number of hydrogen-bond donors (Lipinski definition) is 0. The first-order valence-electron chi connectivity index (χ1n) is 10.1. The van der Waals surface area contributed by atoms with Gasteiger partial charge in [0.25, 0.3) is 0 Å². The van der Waals surface area contributed by atoms with Gasteiger partial charge in [-0.05, 0) is 50.2 Å². The summed E-state index contributed by atoms with van der Waals surface area (Å²) in [6, 6.07) is 33.0. The van der Waals surface area contributed by atoms with Crippen molar-refractivity contribution in [3.05, 3.63) is 91.0 Å². The molecular formula is C25H32OPSi+. The lowest BCUT2D eigenvalue weighted by atomic mass is 10.4. The van der Waals surface area contributed by atoms with Crippen LogP contribution in [0.2, 0.25) is 19.6 Å². The third-order valence-corrected chi connectivity index (χ3v) is 12.8. The van der Waals surface area contributed by atoms with Gasteiger partial charge in [-0.2, -0.15) is 0 Å². The summed E-state index contributed by atoms with van der Waals surface area (Å²) in [5, 5.41) is 4.13. The van der Waals surface area contributed by atoms with E-state index in [1.165, 1.54) is 15.9 Å². The fraction of sp³-hybridized carbons (Fsp3) is 0.280. The highest BCUT2D eigenvalue weighted by Gasteiger charge is 2.52. The Bertz CT molecular complexity index is 763. The van der Waals surface area contributed by atoms with Crippen molar-refractivity contribution < 1.29 is 4.74 Å². The Labute approximate surface area is 172 Å². The van der Waals surface area contributed by atoms with E-state index in [-0.39, 0.29) is 11.6 Å². The first kappa shape index (κ1) is 21.0. The Morgan fingerprint density at radius 2 is 0.929 bits per heavy atom. The van der Waals surface area contributed by atoms with Gasteiger partial charge in [0.05, 0.1) is 8.07 Å². The van der Waals surface area contributed by atoms with Gasteiger partial charge in [-0.3, -0.25) is 0 Å². The van der Waals surface area contributed by atoms with Crippen molar-refractivity contribution in [3.63, 3.8) is 0 Å².